The van der Waals surface area contributed by atoms with Gasteiger partial charge in [-0.1, -0.05) is 150 Å². The molecule has 0 spiro atoms. The van der Waals surface area contributed by atoms with Crippen LogP contribution in [0.2, 0.25) is 23.2 Å². The van der Waals surface area contributed by atoms with Gasteiger partial charge in [0.1, 0.15) is 0 Å². The maximum absolute atomic E-state index is 12.7. The van der Waals surface area contributed by atoms with E-state index in [4.69, 9.17) is 13.6 Å². The summed E-state index contributed by atoms with van der Waals surface area (Å²) in [5.41, 5.74) is 2.39. The zero-order valence-electron chi connectivity index (χ0n) is 31.1. The molecule has 0 saturated heterocycles. The maximum Gasteiger partial charge on any atom is 0.330 e. The molecule has 0 N–H and O–H groups in total. The highest BCUT2D eigenvalue weighted by molar-refractivity contribution is 6.99. The van der Waals surface area contributed by atoms with Gasteiger partial charge in [0.25, 0.3) is 8.32 Å². The van der Waals surface area contributed by atoms with Gasteiger partial charge in [-0.25, -0.2) is 4.79 Å². The summed E-state index contributed by atoms with van der Waals surface area (Å²) in [6, 6.07) is 31.7. The van der Waals surface area contributed by atoms with Crippen molar-refractivity contribution >= 4 is 33.0 Å². The molecule has 0 aliphatic heterocycles. The Balaban J connectivity index is 2.06. The van der Waals surface area contributed by atoms with Crippen molar-refractivity contribution in [3.05, 3.63) is 120 Å². The van der Waals surface area contributed by atoms with E-state index < -0.39 is 16.6 Å². The van der Waals surface area contributed by atoms with Crippen molar-refractivity contribution in [3.63, 3.8) is 0 Å². The van der Waals surface area contributed by atoms with Crippen LogP contribution in [0.15, 0.2) is 115 Å². The topological polar surface area (TPSA) is 48.0 Å². The van der Waals surface area contributed by atoms with Gasteiger partial charge in [-0.15, -0.1) is 0 Å². The Hall–Kier alpha value is -3.08. The molecule has 3 aromatic carbocycles. The van der Waals surface area contributed by atoms with E-state index >= 15 is 0 Å². The molecule has 0 aliphatic carbocycles. The van der Waals surface area contributed by atoms with Crippen LogP contribution in [0.5, 0.6) is 0 Å². The van der Waals surface area contributed by atoms with E-state index in [9.17, 15) is 4.79 Å². The van der Waals surface area contributed by atoms with E-state index in [1.54, 1.807) is 6.08 Å². The molecule has 3 rings (SSSR count). The molecule has 5 nitrogen and oxygen atoms in total. The first kappa shape index (κ1) is 39.4. The maximum atomic E-state index is 12.7. The molecule has 0 fully saturated rings. The van der Waals surface area contributed by atoms with Crippen LogP contribution in [-0.2, 0) is 24.9 Å². The van der Waals surface area contributed by atoms with E-state index in [1.807, 2.05) is 19.1 Å². The quantitative estimate of drug-likeness (QED) is 0.0655. The van der Waals surface area contributed by atoms with Crippen molar-refractivity contribution in [2.45, 2.75) is 91.1 Å². The number of ether oxygens (including phenoxy) is 1. The molecule has 0 unspecified atom stereocenters. The van der Waals surface area contributed by atoms with Gasteiger partial charge in [-0.3, -0.25) is 4.90 Å². The number of nitrogens with zero attached hydrogens (tertiary/aromatic N) is 1. The van der Waals surface area contributed by atoms with Gasteiger partial charge in [0.05, 0.1) is 25.9 Å². The lowest BCUT2D eigenvalue weighted by atomic mass is 10.1. The minimum atomic E-state index is -2.83. The Bertz CT molecular complexity index is 1420. The van der Waals surface area contributed by atoms with Crippen molar-refractivity contribution < 1.29 is 18.4 Å². The van der Waals surface area contributed by atoms with Gasteiger partial charge < -0.3 is 13.6 Å². The molecular weight excluding hydrogens is 627 g/mol. The predicted octanol–water partition coefficient (Wildman–Crippen LogP) is 8.52. The average molecular weight is 686 g/mol. The number of hydrogen-bond acceptors (Lipinski definition) is 5. The van der Waals surface area contributed by atoms with Crippen LogP contribution in [0, 0.1) is 0 Å². The highest BCUT2D eigenvalue weighted by atomic mass is 28.4. The molecule has 0 heterocycles. The molecule has 0 saturated carbocycles. The Morgan fingerprint density at radius 2 is 1.31 bits per heavy atom. The van der Waals surface area contributed by atoms with E-state index in [1.165, 1.54) is 21.5 Å². The molecule has 260 valence electrons. The molecular formula is C41H59NO4Si2. The summed E-state index contributed by atoms with van der Waals surface area (Å²) in [6.45, 7) is 24.9. The molecule has 3 aromatic rings. The lowest BCUT2D eigenvalue weighted by Crippen LogP contribution is -2.67. The normalized spacial score (nSPS) is 14.0. The van der Waals surface area contributed by atoms with Crippen molar-refractivity contribution in [1.82, 2.24) is 4.90 Å². The number of benzene rings is 3. The Labute approximate surface area is 293 Å². The van der Waals surface area contributed by atoms with Gasteiger partial charge in [-0.2, -0.15) is 0 Å². The van der Waals surface area contributed by atoms with Gasteiger partial charge in [0.15, 0.2) is 8.32 Å². The monoisotopic (exact) mass is 685 g/mol. The molecule has 48 heavy (non-hydrogen) atoms. The van der Waals surface area contributed by atoms with Gasteiger partial charge in [-0.05, 0) is 53.0 Å². The first-order valence-electron chi connectivity index (χ1n) is 17.3. The van der Waals surface area contributed by atoms with Crippen LogP contribution in [0.1, 0.15) is 61.0 Å². The smallest absolute Gasteiger partial charge is 0.330 e. The minimum absolute atomic E-state index is 0.147. The Morgan fingerprint density at radius 3 is 1.79 bits per heavy atom. The Morgan fingerprint density at radius 1 is 0.792 bits per heavy atom. The average Bonchev–Trinajstić information content (AvgIpc) is 3.04. The summed E-state index contributed by atoms with van der Waals surface area (Å²) in [5, 5.41) is 2.43. The standard InChI is InChI=1S/C41H59NO4Si2/c1-11-44-39(43)28-27-36(33-46-48(41(6,7)8,37-23-17-13-18-24-37)38-25-19-14-20-26-38)42(31-35-21-15-12-16-22-35)30-29-34(2)32-45-47(9,10)40(3,4)5/h12-29,36H,11,30-33H2,1-10H3/b28-27+,34-29+/t36-/m0/s1. The first-order valence-corrected chi connectivity index (χ1v) is 22.1. The van der Waals surface area contributed by atoms with Crippen molar-refractivity contribution in [3.8, 4) is 0 Å². The number of rotatable bonds is 16. The van der Waals surface area contributed by atoms with Crippen LogP contribution >= 0.6 is 0 Å². The summed E-state index contributed by atoms with van der Waals surface area (Å²) in [6.07, 6.45) is 5.80. The number of carbonyl (C=O) groups excluding carboxylic acids is 1. The molecule has 0 aliphatic rings. The number of esters is 1. The predicted molar refractivity (Wildman–Crippen MR) is 207 cm³/mol. The molecule has 1 atom stereocenters. The van der Waals surface area contributed by atoms with Gasteiger partial charge >= 0.3 is 5.97 Å². The van der Waals surface area contributed by atoms with Crippen molar-refractivity contribution in [2.75, 3.05) is 26.4 Å². The summed E-state index contributed by atoms with van der Waals surface area (Å²) in [5.74, 6) is -0.345. The van der Waals surface area contributed by atoms with E-state index in [0.717, 1.165) is 0 Å². The van der Waals surface area contributed by atoms with E-state index in [2.05, 4.69) is 157 Å². The highest BCUT2D eigenvalue weighted by Crippen LogP contribution is 2.38. The summed E-state index contributed by atoms with van der Waals surface area (Å²) < 4.78 is 19.3. The molecule has 0 radical (unpaired) electrons. The third-order valence-corrected chi connectivity index (χ3v) is 19.0. The fraction of sp³-hybridized carbons (Fsp3) is 0.439. The fourth-order valence-electron chi connectivity index (χ4n) is 5.61. The lowest BCUT2D eigenvalue weighted by molar-refractivity contribution is -0.137. The van der Waals surface area contributed by atoms with Crippen molar-refractivity contribution in [1.29, 1.82) is 0 Å². The zero-order chi connectivity index (χ0) is 35.4. The van der Waals surface area contributed by atoms with Crippen LogP contribution in [-0.4, -0.2) is 59.9 Å². The second-order valence-electron chi connectivity index (χ2n) is 15.2. The number of hydrogen-bond donors (Lipinski definition) is 0. The summed E-state index contributed by atoms with van der Waals surface area (Å²) >= 11 is 0. The third-order valence-electron chi connectivity index (χ3n) is 9.47. The molecule has 0 bridgehead atoms. The van der Waals surface area contributed by atoms with Crippen LogP contribution in [0.4, 0.5) is 0 Å². The molecule has 0 aromatic heterocycles. The van der Waals surface area contributed by atoms with Crippen LogP contribution < -0.4 is 10.4 Å². The van der Waals surface area contributed by atoms with Crippen LogP contribution in [0.25, 0.3) is 0 Å². The zero-order valence-corrected chi connectivity index (χ0v) is 33.1. The largest absolute Gasteiger partial charge is 0.463 e. The molecule has 7 heteroatoms. The minimum Gasteiger partial charge on any atom is -0.463 e. The second-order valence-corrected chi connectivity index (χ2v) is 24.3. The highest BCUT2D eigenvalue weighted by Gasteiger charge is 2.50. The van der Waals surface area contributed by atoms with Gasteiger partial charge in [0.2, 0.25) is 0 Å². The van der Waals surface area contributed by atoms with Crippen molar-refractivity contribution in [2.24, 2.45) is 0 Å². The lowest BCUT2D eigenvalue weighted by Gasteiger charge is -2.44. The summed E-state index contributed by atoms with van der Waals surface area (Å²) in [7, 11) is -4.71. The number of carbonyl (C=O) groups is 1. The van der Waals surface area contributed by atoms with E-state index in [-0.39, 0.29) is 22.1 Å². The first-order chi connectivity index (χ1) is 22.6. The second kappa shape index (κ2) is 17.5. The third kappa shape index (κ3) is 10.7. The van der Waals surface area contributed by atoms with E-state index in [0.29, 0.717) is 32.9 Å². The Kier molecular flexibility index (Phi) is 14.4. The van der Waals surface area contributed by atoms with Gasteiger partial charge in [0, 0.05) is 19.2 Å². The fourth-order valence-corrected chi connectivity index (χ4v) is 11.2. The molecule has 0 amide bonds. The van der Waals surface area contributed by atoms with Crippen LogP contribution in [0.3, 0.4) is 0 Å². The SMILES string of the molecule is CCOC(=O)/C=C/[C@@H](CO[Si](c1ccccc1)(c1ccccc1)C(C)(C)C)N(C/C=C(\C)CO[Si](C)(C)C(C)(C)C)Cc1ccccc1. The summed E-state index contributed by atoms with van der Waals surface area (Å²) in [4.78, 5) is 15.1.